The predicted octanol–water partition coefficient (Wildman–Crippen LogP) is 2.09. The van der Waals surface area contributed by atoms with E-state index in [0.717, 1.165) is 18.6 Å². The van der Waals surface area contributed by atoms with Gasteiger partial charge in [-0.1, -0.05) is 0 Å². The molecule has 1 aliphatic rings. The van der Waals surface area contributed by atoms with Gasteiger partial charge in [0.05, 0.1) is 6.10 Å². The van der Waals surface area contributed by atoms with Crippen molar-refractivity contribution in [2.45, 2.75) is 32.8 Å². The normalized spacial score (nSPS) is 25.5. The van der Waals surface area contributed by atoms with Crippen LogP contribution in [0.15, 0.2) is 11.3 Å². The van der Waals surface area contributed by atoms with Gasteiger partial charge < -0.3 is 4.74 Å². The first kappa shape index (κ1) is 7.21. The van der Waals surface area contributed by atoms with Crippen LogP contribution in [-0.4, -0.2) is 6.10 Å². The minimum atomic E-state index is 0.301. The van der Waals surface area contributed by atoms with E-state index in [2.05, 4.69) is 5.92 Å². The second-order valence-corrected chi connectivity index (χ2v) is 2.72. The summed E-state index contributed by atoms with van der Waals surface area (Å²) in [5.74, 6) is 3.29. The number of hydrogen-bond donors (Lipinski definition) is 0. The van der Waals surface area contributed by atoms with Gasteiger partial charge in [-0.3, -0.25) is 0 Å². The van der Waals surface area contributed by atoms with Crippen LogP contribution >= 0.6 is 0 Å². The van der Waals surface area contributed by atoms with Crippen LogP contribution in [0.2, 0.25) is 0 Å². The van der Waals surface area contributed by atoms with Gasteiger partial charge in [0.25, 0.3) is 0 Å². The van der Waals surface area contributed by atoms with E-state index in [1.165, 1.54) is 5.57 Å². The Balaban J connectivity index is 2.75. The first-order chi connectivity index (χ1) is 4.74. The minimum Gasteiger partial charge on any atom is -0.483 e. The lowest BCUT2D eigenvalue weighted by Gasteiger charge is -2.21. The van der Waals surface area contributed by atoms with Gasteiger partial charge in [0.15, 0.2) is 5.76 Å². The predicted molar refractivity (Wildman–Crippen MR) is 41.3 cm³/mol. The van der Waals surface area contributed by atoms with Crippen molar-refractivity contribution in [3.8, 4) is 12.3 Å². The molecule has 1 unspecified atom stereocenters. The summed E-state index contributed by atoms with van der Waals surface area (Å²) < 4.78 is 5.39. The molecule has 0 fully saturated rings. The summed E-state index contributed by atoms with van der Waals surface area (Å²) in [6.45, 7) is 4.07. The number of ether oxygens (including phenoxy) is 1. The molecule has 1 nitrogen and oxygen atoms in total. The second-order valence-electron chi connectivity index (χ2n) is 2.72. The Morgan fingerprint density at radius 1 is 1.70 bits per heavy atom. The van der Waals surface area contributed by atoms with Gasteiger partial charge in [0, 0.05) is 0 Å². The Kier molecular flexibility index (Phi) is 2.01. The van der Waals surface area contributed by atoms with Gasteiger partial charge >= 0.3 is 0 Å². The topological polar surface area (TPSA) is 9.23 Å². The van der Waals surface area contributed by atoms with Gasteiger partial charge in [-0.2, -0.15) is 0 Å². The summed E-state index contributed by atoms with van der Waals surface area (Å²) in [6, 6.07) is 0. The van der Waals surface area contributed by atoms with Crippen LogP contribution < -0.4 is 0 Å². The Hall–Kier alpha value is -0.900. The fourth-order valence-electron chi connectivity index (χ4n) is 1.05. The van der Waals surface area contributed by atoms with E-state index in [1.54, 1.807) is 0 Å². The van der Waals surface area contributed by atoms with Gasteiger partial charge in [-0.25, -0.2) is 0 Å². The molecule has 0 aromatic heterocycles. The molecule has 1 aliphatic heterocycles. The lowest BCUT2D eigenvalue weighted by molar-refractivity contribution is 0.118. The average Bonchev–Trinajstić information content (AvgIpc) is 1.94. The third kappa shape index (κ3) is 1.33. The van der Waals surface area contributed by atoms with Crippen molar-refractivity contribution in [2.75, 3.05) is 0 Å². The summed E-state index contributed by atoms with van der Waals surface area (Å²) in [5.41, 5.74) is 1.21. The van der Waals surface area contributed by atoms with Crippen molar-refractivity contribution in [3.05, 3.63) is 11.3 Å². The summed E-state index contributed by atoms with van der Waals surface area (Å²) in [6.07, 6.45) is 7.70. The highest BCUT2D eigenvalue weighted by atomic mass is 16.5. The van der Waals surface area contributed by atoms with E-state index < -0.39 is 0 Å². The SMILES string of the molecule is C#CC1=C(C)CCC(C)O1. The first-order valence-corrected chi connectivity index (χ1v) is 3.57. The van der Waals surface area contributed by atoms with Crippen molar-refractivity contribution < 1.29 is 4.74 Å². The molecule has 54 valence electrons. The maximum atomic E-state index is 5.39. The zero-order valence-corrected chi connectivity index (χ0v) is 6.48. The third-order valence-electron chi connectivity index (χ3n) is 1.76. The molecule has 0 spiro atoms. The van der Waals surface area contributed by atoms with Crippen molar-refractivity contribution in [3.63, 3.8) is 0 Å². The number of allylic oxidation sites excluding steroid dienone is 2. The van der Waals surface area contributed by atoms with Crippen molar-refractivity contribution in [1.82, 2.24) is 0 Å². The smallest absolute Gasteiger partial charge is 0.169 e. The lowest BCUT2D eigenvalue weighted by Crippen LogP contribution is -2.13. The van der Waals surface area contributed by atoms with Gasteiger partial charge in [-0.05, 0) is 38.2 Å². The van der Waals surface area contributed by atoms with E-state index >= 15 is 0 Å². The maximum absolute atomic E-state index is 5.39. The van der Waals surface area contributed by atoms with E-state index in [1.807, 2.05) is 13.8 Å². The monoisotopic (exact) mass is 136 g/mol. The lowest BCUT2D eigenvalue weighted by atomic mass is 10.1. The Labute approximate surface area is 62.1 Å². The highest BCUT2D eigenvalue weighted by molar-refractivity contribution is 5.26. The molecule has 10 heavy (non-hydrogen) atoms. The van der Waals surface area contributed by atoms with Crippen LogP contribution in [0.5, 0.6) is 0 Å². The quantitative estimate of drug-likeness (QED) is 0.463. The van der Waals surface area contributed by atoms with Crippen molar-refractivity contribution >= 4 is 0 Å². The molecule has 1 rings (SSSR count). The standard InChI is InChI=1S/C9H12O/c1-4-9-7(2)5-6-8(3)10-9/h1,8H,5-6H2,2-3H3. The summed E-state index contributed by atoms with van der Waals surface area (Å²) in [5, 5.41) is 0. The van der Waals surface area contributed by atoms with Crippen LogP contribution in [0.25, 0.3) is 0 Å². The van der Waals surface area contributed by atoms with Crippen molar-refractivity contribution in [2.24, 2.45) is 0 Å². The molecule has 1 heteroatoms. The van der Waals surface area contributed by atoms with Gasteiger partial charge in [0.2, 0.25) is 0 Å². The molecule has 0 aromatic rings. The minimum absolute atomic E-state index is 0.301. The molecule has 0 radical (unpaired) electrons. The second kappa shape index (κ2) is 2.79. The van der Waals surface area contributed by atoms with Crippen molar-refractivity contribution in [1.29, 1.82) is 0 Å². The molecule has 0 saturated carbocycles. The Bertz CT molecular complexity index is 195. The Morgan fingerprint density at radius 3 is 2.90 bits per heavy atom. The van der Waals surface area contributed by atoms with Crippen LogP contribution in [-0.2, 0) is 4.74 Å². The van der Waals surface area contributed by atoms with E-state index in [-0.39, 0.29) is 0 Å². The molecule has 1 heterocycles. The fourth-order valence-corrected chi connectivity index (χ4v) is 1.05. The zero-order chi connectivity index (χ0) is 7.56. The first-order valence-electron chi connectivity index (χ1n) is 3.57. The molecule has 0 bridgehead atoms. The molecular weight excluding hydrogens is 124 g/mol. The average molecular weight is 136 g/mol. The maximum Gasteiger partial charge on any atom is 0.169 e. The molecular formula is C9H12O. The van der Waals surface area contributed by atoms with Gasteiger partial charge in [-0.15, -0.1) is 6.42 Å². The summed E-state index contributed by atoms with van der Waals surface area (Å²) >= 11 is 0. The van der Waals surface area contributed by atoms with E-state index in [9.17, 15) is 0 Å². The highest BCUT2D eigenvalue weighted by Gasteiger charge is 2.13. The molecule has 0 N–H and O–H groups in total. The number of hydrogen-bond acceptors (Lipinski definition) is 1. The summed E-state index contributed by atoms with van der Waals surface area (Å²) in [4.78, 5) is 0. The largest absolute Gasteiger partial charge is 0.483 e. The summed E-state index contributed by atoms with van der Waals surface area (Å²) in [7, 11) is 0. The van der Waals surface area contributed by atoms with Crippen LogP contribution in [0.3, 0.4) is 0 Å². The third-order valence-corrected chi connectivity index (χ3v) is 1.76. The highest BCUT2D eigenvalue weighted by Crippen LogP contribution is 2.21. The van der Waals surface area contributed by atoms with E-state index in [0.29, 0.717) is 6.10 Å². The van der Waals surface area contributed by atoms with Gasteiger partial charge in [0.1, 0.15) is 0 Å². The number of terminal acetylenes is 1. The van der Waals surface area contributed by atoms with E-state index in [4.69, 9.17) is 11.2 Å². The molecule has 1 atom stereocenters. The molecule has 0 saturated heterocycles. The molecule has 0 aliphatic carbocycles. The number of rotatable bonds is 0. The zero-order valence-electron chi connectivity index (χ0n) is 6.48. The molecule has 0 amide bonds. The Morgan fingerprint density at radius 2 is 2.40 bits per heavy atom. The fraction of sp³-hybridized carbons (Fsp3) is 0.556. The van der Waals surface area contributed by atoms with Crippen LogP contribution in [0.4, 0.5) is 0 Å². The molecule has 0 aromatic carbocycles. The van der Waals surface area contributed by atoms with Crippen LogP contribution in [0.1, 0.15) is 26.7 Å². The van der Waals surface area contributed by atoms with Crippen LogP contribution in [0, 0.1) is 12.3 Å².